The molecular weight excluding hydrogens is 201 g/mol. The zero-order valence-corrected chi connectivity index (χ0v) is 10.1. The van der Waals surface area contributed by atoms with Crippen LogP contribution >= 0.6 is 0 Å². The van der Waals surface area contributed by atoms with Gasteiger partial charge in [0, 0.05) is 31.4 Å². The van der Waals surface area contributed by atoms with Crippen molar-refractivity contribution in [2.24, 2.45) is 0 Å². The van der Waals surface area contributed by atoms with Gasteiger partial charge in [0.25, 0.3) is 5.91 Å². The summed E-state index contributed by atoms with van der Waals surface area (Å²) < 4.78 is 0. The highest BCUT2D eigenvalue weighted by Crippen LogP contribution is 2.07. The lowest BCUT2D eigenvalue weighted by Gasteiger charge is -2.19. The van der Waals surface area contributed by atoms with Crippen LogP contribution in [0.5, 0.6) is 0 Å². The second-order valence-electron chi connectivity index (χ2n) is 4.15. The molecule has 0 aliphatic carbocycles. The van der Waals surface area contributed by atoms with Crippen LogP contribution in [-0.4, -0.2) is 50.8 Å². The van der Waals surface area contributed by atoms with Gasteiger partial charge in [0.1, 0.15) is 0 Å². The molecule has 0 spiro atoms. The monoisotopic (exact) mass is 219 g/mol. The molecule has 0 atom stereocenters. The number of nitrogens with zero attached hydrogens (tertiary/aromatic N) is 2. The largest absolute Gasteiger partial charge is 0.399 e. The zero-order valence-electron chi connectivity index (χ0n) is 10.1. The Morgan fingerprint density at radius 2 is 1.81 bits per heavy atom. The first-order valence-corrected chi connectivity index (χ1v) is 5.26. The molecule has 2 N–H and O–H groups in total. The van der Waals surface area contributed by atoms with Gasteiger partial charge in [-0.25, -0.2) is 0 Å². The van der Waals surface area contributed by atoms with Gasteiger partial charge in [0.05, 0.1) is 0 Å². The molecule has 0 heterocycles. The molecule has 5 heteroatoms. The smallest absolute Gasteiger partial charge is 0.253 e. The van der Waals surface area contributed by atoms with E-state index in [0.29, 0.717) is 11.3 Å². The number of anilines is 1. The number of likely N-dealkylation sites (N-methyl/N-ethyl adjacent to an activating group) is 2. The van der Waals surface area contributed by atoms with Gasteiger partial charge < -0.3 is 15.4 Å². The summed E-state index contributed by atoms with van der Waals surface area (Å²) in [4.78, 5) is 15.7. The highest BCUT2D eigenvalue weighted by atomic mass is 16.2. The summed E-state index contributed by atoms with van der Waals surface area (Å²) in [5.41, 5.74) is 6.92. The van der Waals surface area contributed by atoms with Crippen molar-refractivity contribution < 1.29 is 4.79 Å². The van der Waals surface area contributed by atoms with Gasteiger partial charge in [-0.15, -0.1) is 0 Å². The molecule has 1 rings (SSSR count). The van der Waals surface area contributed by atoms with E-state index < -0.39 is 0 Å². The molecule has 0 saturated carbocycles. The van der Waals surface area contributed by atoms with Crippen molar-refractivity contribution in [2.45, 2.75) is 0 Å². The number of rotatable bonds is 4. The summed E-state index contributed by atoms with van der Waals surface area (Å²) in [5, 5.41) is 0. The van der Waals surface area contributed by atoms with Crippen molar-refractivity contribution in [3.05, 3.63) is 29.8 Å². The van der Waals surface area contributed by atoms with Crippen molar-refractivity contribution >= 4 is 19.6 Å². The van der Waals surface area contributed by atoms with Crippen LogP contribution < -0.4 is 5.73 Å². The Morgan fingerprint density at radius 1 is 1.25 bits per heavy atom. The molecule has 0 bridgehead atoms. The van der Waals surface area contributed by atoms with Gasteiger partial charge in [-0.05, 0) is 31.3 Å². The molecule has 0 aliphatic rings. The summed E-state index contributed by atoms with van der Waals surface area (Å²) >= 11 is 0. The Balaban J connectivity index is 2.60. The normalized spacial score (nSPS) is 10.4. The summed E-state index contributed by atoms with van der Waals surface area (Å²) in [7, 11) is 5.78. The molecule has 1 aromatic rings. The molecule has 1 aromatic carbocycles. The lowest BCUT2D eigenvalue weighted by atomic mass is 10.2. The van der Waals surface area contributed by atoms with Crippen molar-refractivity contribution in [1.29, 1.82) is 0 Å². The summed E-state index contributed by atoms with van der Waals surface area (Å²) in [6.07, 6.45) is 0. The van der Waals surface area contributed by atoms with Gasteiger partial charge in [0.15, 0.2) is 7.98 Å². The minimum Gasteiger partial charge on any atom is -0.399 e. The first-order chi connectivity index (χ1) is 7.50. The predicted molar refractivity (Wildman–Crippen MR) is 69.0 cm³/mol. The number of benzene rings is 1. The quantitative estimate of drug-likeness (QED) is 0.564. The average molecular weight is 219 g/mol. The van der Waals surface area contributed by atoms with Gasteiger partial charge in [-0.2, -0.15) is 0 Å². The van der Waals surface area contributed by atoms with Crippen LogP contribution in [-0.2, 0) is 0 Å². The molecule has 0 fully saturated rings. The van der Waals surface area contributed by atoms with Gasteiger partial charge in [0.2, 0.25) is 0 Å². The third-order valence-corrected chi connectivity index (χ3v) is 2.39. The van der Waals surface area contributed by atoms with E-state index in [0.717, 1.165) is 13.1 Å². The maximum atomic E-state index is 11.9. The molecule has 0 radical (unpaired) electrons. The lowest BCUT2D eigenvalue weighted by Crippen LogP contribution is -2.33. The number of nitrogens with two attached hydrogens (primary N) is 1. The highest BCUT2D eigenvalue weighted by molar-refractivity contribution is 6.04. The molecule has 0 unspecified atom stereocenters. The van der Waals surface area contributed by atoms with Crippen LogP contribution in [0.4, 0.5) is 5.69 Å². The molecule has 1 amide bonds. The fourth-order valence-electron chi connectivity index (χ4n) is 1.30. The number of carbonyl (C=O) groups excluding carboxylic acids is 1. The Kier molecular flexibility index (Phi) is 4.37. The van der Waals surface area contributed by atoms with Crippen LogP contribution in [0, 0.1) is 0 Å². The topological polar surface area (TPSA) is 49.6 Å². The fraction of sp³-hybridized carbons (Fsp3) is 0.364. The first kappa shape index (κ1) is 12.6. The van der Waals surface area contributed by atoms with Gasteiger partial charge in [-0.1, -0.05) is 0 Å². The van der Waals surface area contributed by atoms with E-state index in [-0.39, 0.29) is 5.91 Å². The Labute approximate surface area is 97.5 Å². The van der Waals surface area contributed by atoms with E-state index >= 15 is 0 Å². The summed E-state index contributed by atoms with van der Waals surface area (Å²) in [6, 6.07) is 6.99. The predicted octanol–water partition coefficient (Wildman–Crippen LogP) is -0.179. The van der Waals surface area contributed by atoms with E-state index in [1.807, 2.05) is 26.9 Å². The first-order valence-electron chi connectivity index (χ1n) is 5.26. The number of carbonyl (C=O) groups is 1. The maximum absolute atomic E-state index is 11.9. The molecule has 16 heavy (non-hydrogen) atoms. The van der Waals surface area contributed by atoms with E-state index in [2.05, 4.69) is 0 Å². The third-order valence-electron chi connectivity index (χ3n) is 2.39. The van der Waals surface area contributed by atoms with Crippen LogP contribution in [0.25, 0.3) is 0 Å². The van der Waals surface area contributed by atoms with Gasteiger partial charge >= 0.3 is 0 Å². The lowest BCUT2D eigenvalue weighted by molar-refractivity contribution is 0.0791. The standard InChI is InChI=1S/C11H18BN3O/c1-14(7-8-15(2)12)11(16)9-3-5-10(13)6-4-9/h3-6H,7-8,12-13H2,1-2H3. The molecule has 4 nitrogen and oxygen atoms in total. The maximum Gasteiger partial charge on any atom is 0.253 e. The second kappa shape index (κ2) is 5.56. The van der Waals surface area contributed by atoms with Crippen molar-refractivity contribution in [2.75, 3.05) is 32.9 Å². The number of hydrogen-bond acceptors (Lipinski definition) is 3. The van der Waals surface area contributed by atoms with Gasteiger partial charge in [-0.3, -0.25) is 4.79 Å². The Morgan fingerprint density at radius 3 is 2.31 bits per heavy atom. The molecule has 0 aromatic heterocycles. The van der Waals surface area contributed by atoms with Crippen LogP contribution in [0.3, 0.4) is 0 Å². The van der Waals surface area contributed by atoms with Crippen molar-refractivity contribution in [3.8, 4) is 0 Å². The minimum atomic E-state index is 0.0295. The molecule has 86 valence electrons. The second-order valence-corrected chi connectivity index (χ2v) is 4.15. The highest BCUT2D eigenvalue weighted by Gasteiger charge is 2.10. The third kappa shape index (κ3) is 3.58. The summed E-state index contributed by atoms with van der Waals surface area (Å²) in [6.45, 7) is 1.58. The Bertz CT molecular complexity index is 351. The number of hydrogen-bond donors (Lipinski definition) is 1. The molecular formula is C11H18BN3O. The SMILES string of the molecule is BN(C)CCN(C)C(=O)c1ccc(N)cc1. The molecule has 0 saturated heterocycles. The van der Waals surface area contributed by atoms with Crippen LogP contribution in [0.1, 0.15) is 10.4 Å². The summed E-state index contributed by atoms with van der Waals surface area (Å²) in [5.74, 6) is 0.0295. The fourth-order valence-corrected chi connectivity index (χ4v) is 1.30. The van der Waals surface area contributed by atoms with Crippen molar-refractivity contribution in [1.82, 2.24) is 9.71 Å². The van der Waals surface area contributed by atoms with Crippen LogP contribution in [0.15, 0.2) is 24.3 Å². The number of nitrogen functional groups attached to an aromatic ring is 1. The molecule has 0 aliphatic heterocycles. The van der Waals surface area contributed by atoms with Crippen LogP contribution in [0.2, 0.25) is 0 Å². The van der Waals surface area contributed by atoms with E-state index in [1.54, 1.807) is 29.2 Å². The minimum absolute atomic E-state index is 0.0295. The number of amides is 1. The van der Waals surface area contributed by atoms with E-state index in [9.17, 15) is 4.79 Å². The van der Waals surface area contributed by atoms with E-state index in [1.165, 1.54) is 0 Å². The Hall–Kier alpha value is -1.49. The average Bonchev–Trinajstić information content (AvgIpc) is 2.26. The van der Waals surface area contributed by atoms with Crippen molar-refractivity contribution in [3.63, 3.8) is 0 Å². The van der Waals surface area contributed by atoms with E-state index in [4.69, 9.17) is 5.73 Å². The zero-order chi connectivity index (χ0) is 12.1.